The Kier molecular flexibility index (Phi) is 5.22. The van der Waals surface area contributed by atoms with Crippen LogP contribution in [0.2, 0.25) is 0 Å². The SMILES string of the molecule is CC(C)C(C)NC(=O)CN(C)C1CCNC1. The second-order valence-electron chi connectivity index (χ2n) is 5.16. The first-order chi connectivity index (χ1) is 7.50. The normalized spacial score (nSPS) is 22.8. The zero-order valence-corrected chi connectivity index (χ0v) is 10.9. The average molecular weight is 227 g/mol. The van der Waals surface area contributed by atoms with Crippen LogP contribution in [0.3, 0.4) is 0 Å². The second-order valence-corrected chi connectivity index (χ2v) is 5.16. The van der Waals surface area contributed by atoms with E-state index in [-0.39, 0.29) is 11.9 Å². The Morgan fingerprint density at radius 3 is 2.69 bits per heavy atom. The molecule has 4 heteroatoms. The Bertz CT molecular complexity index is 224. The van der Waals surface area contributed by atoms with Crippen LogP contribution in [-0.2, 0) is 4.79 Å². The van der Waals surface area contributed by atoms with E-state index in [1.54, 1.807) is 0 Å². The maximum Gasteiger partial charge on any atom is 0.234 e. The smallest absolute Gasteiger partial charge is 0.234 e. The molecule has 0 aromatic heterocycles. The summed E-state index contributed by atoms with van der Waals surface area (Å²) < 4.78 is 0. The van der Waals surface area contributed by atoms with Crippen LogP contribution >= 0.6 is 0 Å². The van der Waals surface area contributed by atoms with Crippen LogP contribution in [0.15, 0.2) is 0 Å². The molecule has 0 aromatic rings. The van der Waals surface area contributed by atoms with Crippen LogP contribution in [0.25, 0.3) is 0 Å². The Morgan fingerprint density at radius 1 is 1.50 bits per heavy atom. The molecule has 1 aliphatic rings. The Balaban J connectivity index is 2.27. The van der Waals surface area contributed by atoms with Crippen molar-refractivity contribution in [2.45, 2.75) is 39.3 Å². The molecular formula is C12H25N3O. The molecule has 2 atom stereocenters. The van der Waals surface area contributed by atoms with Crippen LogP contribution in [0.1, 0.15) is 27.2 Å². The van der Waals surface area contributed by atoms with Crippen LogP contribution in [-0.4, -0.2) is 49.6 Å². The van der Waals surface area contributed by atoms with Crippen molar-refractivity contribution in [1.82, 2.24) is 15.5 Å². The Labute approximate surface area is 98.8 Å². The number of rotatable bonds is 5. The lowest BCUT2D eigenvalue weighted by molar-refractivity contribution is -0.123. The lowest BCUT2D eigenvalue weighted by atomic mass is 10.1. The molecule has 16 heavy (non-hydrogen) atoms. The van der Waals surface area contributed by atoms with E-state index in [4.69, 9.17) is 0 Å². The Morgan fingerprint density at radius 2 is 2.19 bits per heavy atom. The van der Waals surface area contributed by atoms with Crippen molar-refractivity contribution in [3.8, 4) is 0 Å². The van der Waals surface area contributed by atoms with Gasteiger partial charge in [-0.2, -0.15) is 0 Å². The number of carbonyl (C=O) groups excluding carboxylic acids is 1. The summed E-state index contributed by atoms with van der Waals surface area (Å²) >= 11 is 0. The first-order valence-corrected chi connectivity index (χ1v) is 6.21. The van der Waals surface area contributed by atoms with E-state index in [9.17, 15) is 4.79 Å². The van der Waals surface area contributed by atoms with E-state index in [2.05, 4.69) is 36.3 Å². The molecule has 1 aliphatic heterocycles. The van der Waals surface area contributed by atoms with Gasteiger partial charge in [-0.05, 0) is 32.9 Å². The third-order valence-corrected chi connectivity index (χ3v) is 3.44. The summed E-state index contributed by atoms with van der Waals surface area (Å²) in [6, 6.07) is 0.766. The van der Waals surface area contributed by atoms with Crippen LogP contribution in [0.5, 0.6) is 0 Å². The van der Waals surface area contributed by atoms with E-state index in [1.165, 1.54) is 0 Å². The third kappa shape index (κ3) is 4.10. The maximum atomic E-state index is 11.8. The van der Waals surface area contributed by atoms with Crippen molar-refractivity contribution < 1.29 is 4.79 Å². The van der Waals surface area contributed by atoms with Crippen LogP contribution in [0, 0.1) is 5.92 Å². The number of amides is 1. The fraction of sp³-hybridized carbons (Fsp3) is 0.917. The molecule has 94 valence electrons. The largest absolute Gasteiger partial charge is 0.352 e. The van der Waals surface area contributed by atoms with E-state index in [1.807, 2.05) is 7.05 Å². The average Bonchev–Trinajstić information content (AvgIpc) is 2.69. The van der Waals surface area contributed by atoms with Gasteiger partial charge in [0.1, 0.15) is 0 Å². The van der Waals surface area contributed by atoms with Gasteiger partial charge in [0, 0.05) is 18.6 Å². The first-order valence-electron chi connectivity index (χ1n) is 6.21. The zero-order chi connectivity index (χ0) is 12.1. The molecule has 1 fully saturated rings. The lowest BCUT2D eigenvalue weighted by Gasteiger charge is -2.24. The van der Waals surface area contributed by atoms with Crippen molar-refractivity contribution >= 4 is 5.91 Å². The molecule has 1 heterocycles. The summed E-state index contributed by atoms with van der Waals surface area (Å²) in [5.41, 5.74) is 0. The number of nitrogens with zero attached hydrogens (tertiary/aromatic N) is 1. The van der Waals surface area contributed by atoms with Crippen LogP contribution < -0.4 is 10.6 Å². The fourth-order valence-corrected chi connectivity index (χ4v) is 1.84. The molecular weight excluding hydrogens is 202 g/mol. The van der Waals surface area contributed by atoms with E-state index >= 15 is 0 Å². The van der Waals surface area contributed by atoms with Crippen LogP contribution in [0.4, 0.5) is 0 Å². The summed E-state index contributed by atoms with van der Waals surface area (Å²) in [5.74, 6) is 0.623. The van der Waals surface area contributed by atoms with E-state index in [0.717, 1.165) is 19.5 Å². The van der Waals surface area contributed by atoms with Gasteiger partial charge >= 0.3 is 0 Å². The standard InChI is InChI=1S/C12H25N3O/c1-9(2)10(3)14-12(16)8-15(4)11-5-6-13-7-11/h9-11,13H,5-8H2,1-4H3,(H,14,16). The second kappa shape index (κ2) is 6.21. The highest BCUT2D eigenvalue weighted by Crippen LogP contribution is 2.05. The lowest BCUT2D eigenvalue weighted by Crippen LogP contribution is -2.45. The summed E-state index contributed by atoms with van der Waals surface area (Å²) in [6.07, 6.45) is 1.14. The number of likely N-dealkylation sites (N-methyl/N-ethyl adjacent to an activating group) is 1. The molecule has 0 spiro atoms. The van der Waals surface area contributed by atoms with Gasteiger partial charge in [0.15, 0.2) is 0 Å². The number of hydrogen-bond donors (Lipinski definition) is 2. The van der Waals surface area contributed by atoms with Crippen molar-refractivity contribution in [3.63, 3.8) is 0 Å². The molecule has 1 saturated heterocycles. The maximum absolute atomic E-state index is 11.8. The van der Waals surface area contributed by atoms with E-state index in [0.29, 0.717) is 18.5 Å². The van der Waals surface area contributed by atoms with Gasteiger partial charge in [-0.3, -0.25) is 9.69 Å². The molecule has 4 nitrogen and oxygen atoms in total. The molecule has 2 N–H and O–H groups in total. The predicted octanol–water partition coefficient (Wildman–Crippen LogP) is 0.441. The molecule has 1 amide bonds. The Hall–Kier alpha value is -0.610. The minimum absolute atomic E-state index is 0.135. The number of hydrogen-bond acceptors (Lipinski definition) is 3. The third-order valence-electron chi connectivity index (χ3n) is 3.44. The highest BCUT2D eigenvalue weighted by atomic mass is 16.2. The van der Waals surface area contributed by atoms with Gasteiger partial charge in [-0.1, -0.05) is 13.8 Å². The number of nitrogens with one attached hydrogen (secondary N) is 2. The summed E-state index contributed by atoms with van der Waals surface area (Å²) in [4.78, 5) is 13.9. The highest BCUT2D eigenvalue weighted by molar-refractivity contribution is 5.78. The quantitative estimate of drug-likeness (QED) is 0.716. The van der Waals surface area contributed by atoms with Gasteiger partial charge in [0.25, 0.3) is 0 Å². The monoisotopic (exact) mass is 227 g/mol. The van der Waals surface area contributed by atoms with Gasteiger partial charge in [-0.15, -0.1) is 0 Å². The van der Waals surface area contributed by atoms with Gasteiger partial charge < -0.3 is 10.6 Å². The predicted molar refractivity (Wildman–Crippen MR) is 66.3 cm³/mol. The van der Waals surface area contributed by atoms with Crippen molar-refractivity contribution in [2.75, 3.05) is 26.7 Å². The van der Waals surface area contributed by atoms with E-state index < -0.39 is 0 Å². The zero-order valence-electron chi connectivity index (χ0n) is 10.9. The summed E-state index contributed by atoms with van der Waals surface area (Å²) in [5, 5.41) is 6.34. The fourth-order valence-electron chi connectivity index (χ4n) is 1.84. The molecule has 0 saturated carbocycles. The van der Waals surface area contributed by atoms with Crippen molar-refractivity contribution in [2.24, 2.45) is 5.92 Å². The molecule has 1 rings (SSSR count). The molecule has 0 radical (unpaired) electrons. The molecule has 0 aromatic carbocycles. The minimum atomic E-state index is 0.135. The topological polar surface area (TPSA) is 44.4 Å². The van der Waals surface area contributed by atoms with Gasteiger partial charge in [-0.25, -0.2) is 0 Å². The number of carbonyl (C=O) groups is 1. The molecule has 2 unspecified atom stereocenters. The molecule has 0 bridgehead atoms. The van der Waals surface area contributed by atoms with Gasteiger partial charge in [0.05, 0.1) is 6.54 Å². The van der Waals surface area contributed by atoms with Crippen molar-refractivity contribution in [3.05, 3.63) is 0 Å². The summed E-state index contributed by atoms with van der Waals surface area (Å²) in [7, 11) is 2.03. The molecule has 0 aliphatic carbocycles. The minimum Gasteiger partial charge on any atom is -0.352 e. The first kappa shape index (κ1) is 13.5. The summed E-state index contributed by atoms with van der Waals surface area (Å²) in [6.45, 7) is 8.87. The highest BCUT2D eigenvalue weighted by Gasteiger charge is 2.21. The van der Waals surface area contributed by atoms with Crippen molar-refractivity contribution in [1.29, 1.82) is 0 Å². The van der Waals surface area contributed by atoms with Gasteiger partial charge in [0.2, 0.25) is 5.91 Å².